The highest BCUT2D eigenvalue weighted by atomic mass is 32.2. The molecule has 0 aliphatic heterocycles. The standard InChI is InChI=1S/C29H30F3N5O4S/c1-4-41-18-9-10-21(30)25(11-18)42(39,40)36-24-13-22(31)19(12-23(24)32)27-26-28(37(35-27)15(2)3)20(14-34-29(26)33)16-5-7-17(38)8-6-16/h9-16,36H,4-8H2,1-3H3,(H2,33,34). The smallest absolute Gasteiger partial charge is 0.265 e. The first kappa shape index (κ1) is 29.4. The number of Topliss-reactive ketones (excluding diaryl/α,β-unsaturated/α-hetero) is 1. The van der Waals surface area contributed by atoms with Gasteiger partial charge in [-0.15, -0.1) is 0 Å². The number of aromatic nitrogens is 3. The van der Waals surface area contributed by atoms with Crippen LogP contribution < -0.4 is 15.2 Å². The molecule has 0 bridgehead atoms. The van der Waals surface area contributed by atoms with Gasteiger partial charge in [0, 0.05) is 42.8 Å². The van der Waals surface area contributed by atoms with E-state index in [1.54, 1.807) is 17.8 Å². The molecule has 0 atom stereocenters. The number of hydrogen-bond acceptors (Lipinski definition) is 7. The summed E-state index contributed by atoms with van der Waals surface area (Å²) in [6.07, 6.45) is 3.79. The van der Waals surface area contributed by atoms with Crippen molar-refractivity contribution in [3.63, 3.8) is 0 Å². The van der Waals surface area contributed by atoms with Crippen LogP contribution in [0.2, 0.25) is 0 Å². The molecular weight excluding hydrogens is 571 g/mol. The van der Waals surface area contributed by atoms with Gasteiger partial charge in [-0.05, 0) is 63.3 Å². The van der Waals surface area contributed by atoms with E-state index in [2.05, 4.69) is 10.1 Å². The zero-order valence-corrected chi connectivity index (χ0v) is 24.1. The van der Waals surface area contributed by atoms with Gasteiger partial charge in [-0.1, -0.05) is 0 Å². The van der Waals surface area contributed by atoms with Crippen molar-refractivity contribution in [1.29, 1.82) is 0 Å². The Morgan fingerprint density at radius 2 is 1.81 bits per heavy atom. The number of nitrogens with zero attached hydrogens (tertiary/aromatic N) is 3. The first-order chi connectivity index (χ1) is 19.9. The Morgan fingerprint density at radius 3 is 2.48 bits per heavy atom. The van der Waals surface area contributed by atoms with E-state index in [-0.39, 0.29) is 47.2 Å². The highest BCUT2D eigenvalue weighted by Gasteiger charge is 2.29. The third kappa shape index (κ3) is 5.40. The van der Waals surface area contributed by atoms with Gasteiger partial charge in [-0.25, -0.2) is 26.6 Å². The van der Waals surface area contributed by atoms with E-state index >= 15 is 8.78 Å². The topological polar surface area (TPSA) is 129 Å². The molecule has 3 N–H and O–H groups in total. The number of nitrogens with one attached hydrogen (secondary N) is 1. The first-order valence-electron chi connectivity index (χ1n) is 13.5. The second-order valence-electron chi connectivity index (χ2n) is 10.5. The third-order valence-corrected chi connectivity index (χ3v) is 8.69. The van der Waals surface area contributed by atoms with E-state index in [1.165, 1.54) is 6.07 Å². The number of carbonyl (C=O) groups is 1. The lowest BCUT2D eigenvalue weighted by Crippen LogP contribution is -2.16. The molecular formula is C29H30F3N5O4S. The summed E-state index contributed by atoms with van der Waals surface area (Å²) in [4.78, 5) is 15.4. The average molecular weight is 602 g/mol. The molecule has 2 aromatic carbocycles. The summed E-state index contributed by atoms with van der Waals surface area (Å²) in [5.41, 5.74) is 6.78. The molecule has 13 heteroatoms. The van der Waals surface area contributed by atoms with Crippen LogP contribution in [-0.2, 0) is 14.8 Å². The van der Waals surface area contributed by atoms with Crippen molar-refractivity contribution < 1.29 is 31.1 Å². The lowest BCUT2D eigenvalue weighted by molar-refractivity contribution is -0.120. The normalized spacial score (nSPS) is 14.6. The van der Waals surface area contributed by atoms with E-state index in [4.69, 9.17) is 10.5 Å². The van der Waals surface area contributed by atoms with Gasteiger partial charge in [-0.2, -0.15) is 5.10 Å². The van der Waals surface area contributed by atoms with Crippen molar-refractivity contribution >= 4 is 38.2 Å². The largest absolute Gasteiger partial charge is 0.494 e. The van der Waals surface area contributed by atoms with Crippen molar-refractivity contribution in [1.82, 2.24) is 14.8 Å². The molecule has 2 aromatic heterocycles. The van der Waals surface area contributed by atoms with Crippen LogP contribution in [0.15, 0.2) is 41.4 Å². The molecule has 42 heavy (non-hydrogen) atoms. The quantitative estimate of drug-likeness (QED) is 0.250. The Hall–Kier alpha value is -4.13. The molecule has 1 aliphatic rings. The maximum Gasteiger partial charge on any atom is 0.265 e. The number of nitrogen functional groups attached to an aromatic ring is 1. The number of rotatable bonds is 8. The Balaban J connectivity index is 1.59. The molecule has 4 aromatic rings. The number of carbonyl (C=O) groups excluding carboxylic acids is 1. The zero-order valence-electron chi connectivity index (χ0n) is 23.2. The maximum absolute atomic E-state index is 15.7. The SMILES string of the molecule is CCOc1ccc(F)c(S(=O)(=O)Nc2cc(F)c(-c3nn(C(C)C)c4c(C5CCC(=O)CC5)cnc(N)c34)cc2F)c1. The van der Waals surface area contributed by atoms with Crippen LogP contribution in [-0.4, -0.2) is 35.6 Å². The number of halogens is 3. The number of benzene rings is 2. The van der Waals surface area contributed by atoms with Gasteiger partial charge in [0.25, 0.3) is 10.0 Å². The van der Waals surface area contributed by atoms with Gasteiger partial charge in [0.1, 0.15) is 45.4 Å². The Morgan fingerprint density at radius 1 is 1.10 bits per heavy atom. The van der Waals surface area contributed by atoms with Crippen LogP contribution in [0.5, 0.6) is 5.75 Å². The predicted molar refractivity (Wildman–Crippen MR) is 152 cm³/mol. The molecule has 0 unspecified atom stereocenters. The molecule has 1 saturated carbocycles. The van der Waals surface area contributed by atoms with Gasteiger partial charge >= 0.3 is 0 Å². The number of hydrogen-bond donors (Lipinski definition) is 2. The first-order valence-corrected chi connectivity index (χ1v) is 15.0. The summed E-state index contributed by atoms with van der Waals surface area (Å²) in [6, 6.07) is 4.43. The van der Waals surface area contributed by atoms with Crippen molar-refractivity contribution in [3.05, 3.63) is 59.5 Å². The Kier molecular flexibility index (Phi) is 7.88. The van der Waals surface area contributed by atoms with Gasteiger partial charge in [0.2, 0.25) is 0 Å². The minimum atomic E-state index is -4.66. The number of anilines is 2. The fourth-order valence-corrected chi connectivity index (χ4v) is 6.43. The molecule has 0 spiro atoms. The van der Waals surface area contributed by atoms with E-state index in [0.29, 0.717) is 42.7 Å². The van der Waals surface area contributed by atoms with Crippen LogP contribution in [0.3, 0.4) is 0 Å². The van der Waals surface area contributed by atoms with Crippen LogP contribution in [0.4, 0.5) is 24.7 Å². The molecule has 1 aliphatic carbocycles. The summed E-state index contributed by atoms with van der Waals surface area (Å²) in [5.74, 6) is -2.81. The lowest BCUT2D eigenvalue weighted by atomic mass is 9.83. The zero-order chi connectivity index (χ0) is 30.3. The number of ketones is 1. The molecule has 0 amide bonds. The highest BCUT2D eigenvalue weighted by molar-refractivity contribution is 7.92. The summed E-state index contributed by atoms with van der Waals surface area (Å²) in [7, 11) is -4.66. The maximum atomic E-state index is 15.7. The van der Waals surface area contributed by atoms with E-state index in [9.17, 15) is 17.6 Å². The van der Waals surface area contributed by atoms with E-state index in [0.717, 1.165) is 23.8 Å². The van der Waals surface area contributed by atoms with Crippen molar-refractivity contribution in [2.24, 2.45) is 0 Å². The lowest BCUT2D eigenvalue weighted by Gasteiger charge is -2.23. The molecule has 2 heterocycles. The average Bonchev–Trinajstić information content (AvgIpc) is 3.34. The fraction of sp³-hybridized carbons (Fsp3) is 0.345. The van der Waals surface area contributed by atoms with Gasteiger partial charge < -0.3 is 10.5 Å². The van der Waals surface area contributed by atoms with E-state index in [1.807, 2.05) is 18.6 Å². The Labute approximate surface area is 240 Å². The predicted octanol–water partition coefficient (Wildman–Crippen LogP) is 6.10. The summed E-state index contributed by atoms with van der Waals surface area (Å²) in [5, 5.41) is 4.94. The van der Waals surface area contributed by atoms with Gasteiger partial charge in [0.05, 0.1) is 23.2 Å². The van der Waals surface area contributed by atoms with Gasteiger partial charge in [0.15, 0.2) is 0 Å². The second-order valence-corrected chi connectivity index (χ2v) is 12.1. The number of nitrogens with two attached hydrogens (primary N) is 1. The number of sulfonamides is 1. The molecule has 0 radical (unpaired) electrons. The van der Waals surface area contributed by atoms with Gasteiger partial charge in [-0.3, -0.25) is 14.2 Å². The monoisotopic (exact) mass is 601 g/mol. The molecule has 222 valence electrons. The third-order valence-electron chi connectivity index (χ3n) is 7.31. The number of ether oxygens (including phenoxy) is 1. The minimum Gasteiger partial charge on any atom is -0.494 e. The minimum absolute atomic E-state index is 0.0142. The van der Waals surface area contributed by atoms with Crippen LogP contribution >= 0.6 is 0 Å². The summed E-state index contributed by atoms with van der Waals surface area (Å²) < 4.78 is 80.2. The highest BCUT2D eigenvalue weighted by Crippen LogP contribution is 2.42. The molecule has 0 saturated heterocycles. The molecule has 5 rings (SSSR count). The van der Waals surface area contributed by atoms with E-state index < -0.39 is 38.1 Å². The van der Waals surface area contributed by atoms with Crippen LogP contribution in [0, 0.1) is 17.5 Å². The summed E-state index contributed by atoms with van der Waals surface area (Å²) >= 11 is 0. The molecule has 9 nitrogen and oxygen atoms in total. The number of pyridine rings is 1. The second kappa shape index (κ2) is 11.3. The van der Waals surface area contributed by atoms with Crippen LogP contribution in [0.1, 0.15) is 64.0 Å². The van der Waals surface area contributed by atoms with Crippen molar-refractivity contribution in [2.75, 3.05) is 17.1 Å². The van der Waals surface area contributed by atoms with Crippen molar-refractivity contribution in [3.8, 4) is 17.0 Å². The van der Waals surface area contributed by atoms with Crippen molar-refractivity contribution in [2.45, 2.75) is 63.3 Å². The van der Waals surface area contributed by atoms with Crippen LogP contribution in [0.25, 0.3) is 22.2 Å². The molecule has 1 fully saturated rings. The summed E-state index contributed by atoms with van der Waals surface area (Å²) in [6.45, 7) is 5.65. The Bertz CT molecular complexity index is 1800. The number of fused-ring (bicyclic) bond motifs is 1. The fourth-order valence-electron chi connectivity index (χ4n) is 5.28.